The summed E-state index contributed by atoms with van der Waals surface area (Å²) in [7, 11) is -0.925. The minimum absolute atomic E-state index is 0.0161. The van der Waals surface area contributed by atoms with Crippen LogP contribution < -0.4 is 0 Å². The van der Waals surface area contributed by atoms with E-state index in [-0.39, 0.29) is 11.3 Å². The zero-order valence-electron chi connectivity index (χ0n) is 12.4. The van der Waals surface area contributed by atoms with E-state index in [9.17, 15) is 8.42 Å². The third-order valence-electron chi connectivity index (χ3n) is 4.72. The van der Waals surface area contributed by atoms with Gasteiger partial charge >= 0.3 is 0 Å². The molecule has 3 heterocycles. The molecule has 0 aromatic heterocycles. The molecule has 0 amide bonds. The number of hydrogen-bond donors (Lipinski definition) is 0. The Morgan fingerprint density at radius 1 is 1.30 bits per heavy atom. The van der Waals surface area contributed by atoms with E-state index in [2.05, 4.69) is 16.8 Å². The number of nitrogens with zero attached hydrogens (tertiary/aromatic N) is 3. The summed E-state index contributed by atoms with van der Waals surface area (Å²) < 4.78 is 31.5. The number of sulfonamides is 1. The van der Waals surface area contributed by atoms with Gasteiger partial charge in [0.2, 0.25) is 10.0 Å². The second-order valence-electron chi connectivity index (χ2n) is 6.43. The number of piperazine rings is 1. The van der Waals surface area contributed by atoms with Gasteiger partial charge in [-0.05, 0) is 13.5 Å². The van der Waals surface area contributed by atoms with Gasteiger partial charge in [0.15, 0.2) is 0 Å². The third kappa shape index (κ3) is 2.39. The van der Waals surface area contributed by atoms with Crippen LogP contribution in [0.4, 0.5) is 0 Å². The van der Waals surface area contributed by atoms with Crippen LogP contribution in [0.25, 0.3) is 0 Å². The Morgan fingerprint density at radius 2 is 2.05 bits per heavy atom. The van der Waals surface area contributed by atoms with E-state index >= 15 is 0 Å². The Hall–Kier alpha value is -0.210. The molecule has 1 atom stereocenters. The topological polar surface area (TPSA) is 53.1 Å². The normalized spacial score (nSPS) is 32.0. The van der Waals surface area contributed by atoms with Crippen LogP contribution in [-0.2, 0) is 14.8 Å². The van der Waals surface area contributed by atoms with E-state index < -0.39 is 10.0 Å². The molecule has 6 nitrogen and oxygen atoms in total. The fraction of sp³-hybridized carbons (Fsp3) is 1.00. The number of fused-ring (bicyclic) bond motifs is 2. The first-order chi connectivity index (χ1) is 9.47. The largest absolute Gasteiger partial charge is 0.378 e. The maximum Gasteiger partial charge on any atom is 0.214 e. The average Bonchev–Trinajstić information content (AvgIpc) is 2.34. The molecule has 1 unspecified atom stereocenters. The van der Waals surface area contributed by atoms with Gasteiger partial charge in [-0.2, -0.15) is 4.31 Å². The molecule has 3 fully saturated rings. The van der Waals surface area contributed by atoms with Crippen molar-refractivity contribution in [3.8, 4) is 0 Å². The van der Waals surface area contributed by atoms with Crippen LogP contribution in [0.2, 0.25) is 0 Å². The van der Waals surface area contributed by atoms with Crippen LogP contribution in [0.3, 0.4) is 0 Å². The van der Waals surface area contributed by atoms with Crippen molar-refractivity contribution in [1.29, 1.82) is 0 Å². The average molecular weight is 303 g/mol. The van der Waals surface area contributed by atoms with E-state index in [1.165, 1.54) is 0 Å². The fourth-order valence-electron chi connectivity index (χ4n) is 3.92. The highest BCUT2D eigenvalue weighted by atomic mass is 32.2. The van der Waals surface area contributed by atoms with Crippen molar-refractivity contribution in [3.63, 3.8) is 0 Å². The van der Waals surface area contributed by atoms with E-state index in [4.69, 9.17) is 4.74 Å². The summed E-state index contributed by atoms with van der Waals surface area (Å²) in [6.45, 7) is 7.66. The van der Waals surface area contributed by atoms with Crippen LogP contribution in [0.1, 0.15) is 13.3 Å². The zero-order chi connectivity index (χ0) is 14.4. The van der Waals surface area contributed by atoms with Crippen LogP contribution in [-0.4, -0.2) is 92.8 Å². The third-order valence-corrected chi connectivity index (χ3v) is 6.69. The van der Waals surface area contributed by atoms with Crippen molar-refractivity contribution in [2.45, 2.75) is 24.9 Å². The molecule has 0 bridgehead atoms. The van der Waals surface area contributed by atoms with E-state index in [1.54, 1.807) is 4.31 Å². The lowest BCUT2D eigenvalue weighted by molar-refractivity contribution is -0.144. The van der Waals surface area contributed by atoms with Crippen LogP contribution in [0.15, 0.2) is 0 Å². The molecule has 0 aliphatic carbocycles. The van der Waals surface area contributed by atoms with Gasteiger partial charge in [-0.15, -0.1) is 0 Å². The summed E-state index contributed by atoms with van der Waals surface area (Å²) in [6, 6.07) is 0.415. The molecule has 0 radical (unpaired) electrons. The molecule has 1 spiro atoms. The minimum atomic E-state index is -3.05. The summed E-state index contributed by atoms with van der Waals surface area (Å²) in [5, 5.41) is 0. The van der Waals surface area contributed by atoms with Crippen molar-refractivity contribution < 1.29 is 13.2 Å². The second-order valence-corrected chi connectivity index (χ2v) is 8.52. The summed E-state index contributed by atoms with van der Waals surface area (Å²) in [6.07, 6.45) is 0.686. The quantitative estimate of drug-likeness (QED) is 0.699. The predicted octanol–water partition coefficient (Wildman–Crippen LogP) is -0.573. The van der Waals surface area contributed by atoms with Gasteiger partial charge in [0.25, 0.3) is 0 Å². The van der Waals surface area contributed by atoms with Gasteiger partial charge in [-0.1, -0.05) is 6.92 Å². The van der Waals surface area contributed by atoms with E-state index in [0.717, 1.165) is 32.8 Å². The molecule has 116 valence electrons. The highest BCUT2D eigenvalue weighted by Crippen LogP contribution is 2.36. The molecule has 0 N–H and O–H groups in total. The highest BCUT2D eigenvalue weighted by molar-refractivity contribution is 7.89. The lowest BCUT2D eigenvalue weighted by atomic mass is 9.85. The van der Waals surface area contributed by atoms with Crippen LogP contribution >= 0.6 is 0 Å². The number of hydrogen-bond acceptors (Lipinski definition) is 5. The minimum Gasteiger partial charge on any atom is -0.378 e. The van der Waals surface area contributed by atoms with Crippen molar-refractivity contribution in [1.82, 2.24) is 14.1 Å². The summed E-state index contributed by atoms with van der Waals surface area (Å²) in [5.41, 5.74) is 0.0161. The molecule has 7 heteroatoms. The Kier molecular flexibility index (Phi) is 3.83. The Balaban J connectivity index is 1.73. The number of likely N-dealkylation sites (N-methyl/N-ethyl adjacent to an activating group) is 1. The van der Waals surface area contributed by atoms with Crippen molar-refractivity contribution >= 4 is 10.0 Å². The fourth-order valence-corrected chi connectivity index (χ4v) is 5.57. The Morgan fingerprint density at radius 3 is 2.75 bits per heavy atom. The molecule has 3 aliphatic heterocycles. The first-order valence-electron chi connectivity index (χ1n) is 7.48. The lowest BCUT2D eigenvalue weighted by Crippen LogP contribution is -2.80. The summed E-state index contributed by atoms with van der Waals surface area (Å²) in [5.74, 6) is 0.269. The monoisotopic (exact) mass is 303 g/mol. The molecule has 0 aromatic carbocycles. The van der Waals surface area contributed by atoms with Gasteiger partial charge in [0, 0.05) is 38.8 Å². The predicted molar refractivity (Wildman–Crippen MR) is 77.2 cm³/mol. The highest BCUT2D eigenvalue weighted by Gasteiger charge is 2.56. The molecular weight excluding hydrogens is 278 g/mol. The first kappa shape index (κ1) is 14.7. The summed E-state index contributed by atoms with van der Waals surface area (Å²) >= 11 is 0. The molecule has 0 saturated carbocycles. The van der Waals surface area contributed by atoms with Crippen molar-refractivity contribution in [2.75, 3.05) is 58.7 Å². The maximum absolute atomic E-state index is 12.1. The molecular formula is C13H25N3O3S. The number of rotatable bonds is 3. The molecule has 3 saturated heterocycles. The lowest BCUT2D eigenvalue weighted by Gasteiger charge is -2.62. The molecule has 3 aliphatic rings. The molecule has 20 heavy (non-hydrogen) atoms. The van der Waals surface area contributed by atoms with Gasteiger partial charge < -0.3 is 9.64 Å². The van der Waals surface area contributed by atoms with Gasteiger partial charge in [-0.3, -0.25) is 4.90 Å². The molecule has 3 rings (SSSR count). The summed E-state index contributed by atoms with van der Waals surface area (Å²) in [4.78, 5) is 4.83. The zero-order valence-corrected chi connectivity index (χ0v) is 13.2. The standard InChI is InChI=1S/C13H25N3O3S/c1-3-6-20(17,18)15-10-13(11-15)9-14(2)7-12-8-19-5-4-16(12)13/h12H,3-11H2,1-2H3. The Labute approximate surface area is 121 Å². The van der Waals surface area contributed by atoms with E-state index in [0.29, 0.717) is 25.6 Å². The van der Waals surface area contributed by atoms with Crippen LogP contribution in [0, 0.1) is 0 Å². The number of morpholine rings is 1. The van der Waals surface area contributed by atoms with Crippen molar-refractivity contribution in [3.05, 3.63) is 0 Å². The van der Waals surface area contributed by atoms with Crippen molar-refractivity contribution in [2.24, 2.45) is 0 Å². The Bertz CT molecular complexity index is 461. The van der Waals surface area contributed by atoms with Gasteiger partial charge in [-0.25, -0.2) is 8.42 Å². The molecule has 0 aromatic rings. The second kappa shape index (κ2) is 5.21. The van der Waals surface area contributed by atoms with Crippen LogP contribution in [0.5, 0.6) is 0 Å². The maximum atomic E-state index is 12.1. The van der Waals surface area contributed by atoms with Gasteiger partial charge in [0.1, 0.15) is 0 Å². The smallest absolute Gasteiger partial charge is 0.214 e. The van der Waals surface area contributed by atoms with Gasteiger partial charge in [0.05, 0.1) is 24.5 Å². The van der Waals surface area contributed by atoms with E-state index in [1.807, 2.05) is 6.92 Å². The SMILES string of the molecule is CCCS(=O)(=O)N1CC2(CN(C)CC3COCCN32)C1. The first-order valence-corrected chi connectivity index (χ1v) is 9.09. The number of ether oxygens (including phenoxy) is 1.